The Bertz CT molecular complexity index is 446. The van der Waals surface area contributed by atoms with Crippen molar-refractivity contribution in [2.75, 3.05) is 13.7 Å². The Morgan fingerprint density at radius 1 is 1.47 bits per heavy atom. The highest BCUT2D eigenvalue weighted by molar-refractivity contribution is 8.14. The number of ether oxygens (including phenoxy) is 1. The lowest BCUT2D eigenvalue weighted by Crippen LogP contribution is -2.19. The predicted octanol–water partition coefficient (Wildman–Crippen LogP) is 3.30. The van der Waals surface area contributed by atoms with Crippen molar-refractivity contribution in [3.8, 4) is 5.75 Å². The van der Waals surface area contributed by atoms with Crippen molar-refractivity contribution in [1.29, 1.82) is 0 Å². The molecule has 4 heteroatoms. The van der Waals surface area contributed by atoms with Gasteiger partial charge in [0.25, 0.3) is 0 Å². The summed E-state index contributed by atoms with van der Waals surface area (Å²) in [5, 5.41) is 5.13. The van der Waals surface area contributed by atoms with Crippen molar-refractivity contribution in [3.05, 3.63) is 29.8 Å². The number of nitrogens with zero attached hydrogens (tertiary/aromatic N) is 1. The minimum absolute atomic E-state index is 0.646. The zero-order valence-corrected chi connectivity index (χ0v) is 12.7. The fourth-order valence-electron chi connectivity index (χ4n) is 2.12. The third kappa shape index (κ3) is 4.46. The first-order valence-corrected chi connectivity index (χ1v) is 7.63. The zero-order chi connectivity index (χ0) is 13.7. The standard InChI is InChI=1S/C15H22N2OS/c1-11(2)7-14-10-17-15(19-14)16-9-12-5-4-6-13(8-12)18-3/h4-6,8,11,14H,7,9-10H2,1-3H3,(H,16,17). The van der Waals surface area contributed by atoms with Crippen LogP contribution in [0.3, 0.4) is 0 Å². The fourth-order valence-corrected chi connectivity index (χ4v) is 3.37. The van der Waals surface area contributed by atoms with Crippen LogP contribution in [0.5, 0.6) is 5.75 Å². The Kier molecular flexibility index (Phi) is 5.14. The van der Waals surface area contributed by atoms with E-state index in [-0.39, 0.29) is 0 Å². The van der Waals surface area contributed by atoms with E-state index < -0.39 is 0 Å². The summed E-state index contributed by atoms with van der Waals surface area (Å²) in [6.07, 6.45) is 1.23. The van der Waals surface area contributed by atoms with Crippen LogP contribution < -0.4 is 10.1 Å². The number of hydrogen-bond acceptors (Lipinski definition) is 4. The summed E-state index contributed by atoms with van der Waals surface area (Å²) < 4.78 is 5.22. The van der Waals surface area contributed by atoms with Gasteiger partial charge in [-0.25, -0.2) is 0 Å². The number of nitrogens with one attached hydrogen (secondary N) is 1. The monoisotopic (exact) mass is 278 g/mol. The average Bonchev–Trinajstić information content (AvgIpc) is 2.83. The van der Waals surface area contributed by atoms with E-state index in [1.54, 1.807) is 7.11 Å². The molecule has 0 saturated heterocycles. The number of benzene rings is 1. The van der Waals surface area contributed by atoms with Gasteiger partial charge >= 0.3 is 0 Å². The van der Waals surface area contributed by atoms with Gasteiger partial charge in [0.2, 0.25) is 0 Å². The molecule has 0 aromatic heterocycles. The summed E-state index contributed by atoms with van der Waals surface area (Å²) in [6, 6.07) is 8.13. The van der Waals surface area contributed by atoms with E-state index in [4.69, 9.17) is 4.74 Å². The fraction of sp³-hybridized carbons (Fsp3) is 0.533. The van der Waals surface area contributed by atoms with Gasteiger partial charge in [-0.15, -0.1) is 0 Å². The second kappa shape index (κ2) is 6.85. The van der Waals surface area contributed by atoms with Crippen LogP contribution in [-0.2, 0) is 6.54 Å². The van der Waals surface area contributed by atoms with Crippen LogP contribution in [0.2, 0.25) is 0 Å². The predicted molar refractivity (Wildman–Crippen MR) is 83.0 cm³/mol. The smallest absolute Gasteiger partial charge is 0.157 e. The Labute approximate surface area is 119 Å². The molecule has 0 spiro atoms. The molecule has 1 N–H and O–H groups in total. The summed E-state index contributed by atoms with van der Waals surface area (Å²) in [6.45, 7) is 6.28. The summed E-state index contributed by atoms with van der Waals surface area (Å²) >= 11 is 1.88. The van der Waals surface area contributed by atoms with Gasteiger partial charge in [0.15, 0.2) is 5.17 Å². The molecule has 0 bridgehead atoms. The lowest BCUT2D eigenvalue weighted by molar-refractivity contribution is 0.414. The third-order valence-electron chi connectivity index (χ3n) is 3.03. The molecule has 1 unspecified atom stereocenters. The van der Waals surface area contributed by atoms with Crippen LogP contribution >= 0.6 is 11.8 Å². The molecule has 0 amide bonds. The number of rotatable bonds is 5. The summed E-state index contributed by atoms with van der Waals surface area (Å²) in [5.74, 6) is 1.64. The molecule has 1 heterocycles. The van der Waals surface area contributed by atoms with Gasteiger partial charge in [-0.3, -0.25) is 4.99 Å². The molecule has 1 aliphatic heterocycles. The molecule has 104 valence electrons. The van der Waals surface area contributed by atoms with Gasteiger partial charge in [-0.2, -0.15) is 0 Å². The molecule has 1 aromatic rings. The van der Waals surface area contributed by atoms with Gasteiger partial charge in [0.05, 0.1) is 13.7 Å². The molecular weight excluding hydrogens is 256 g/mol. The number of amidine groups is 1. The molecule has 1 atom stereocenters. The Morgan fingerprint density at radius 2 is 2.32 bits per heavy atom. The SMILES string of the molecule is COc1cccc(CNC2=NCC(CC(C)C)S2)c1. The maximum absolute atomic E-state index is 5.22. The first-order valence-electron chi connectivity index (χ1n) is 6.75. The van der Waals surface area contributed by atoms with Crippen LogP contribution in [0.4, 0.5) is 0 Å². The second-order valence-corrected chi connectivity index (χ2v) is 6.51. The minimum Gasteiger partial charge on any atom is -0.497 e. The normalized spacial score (nSPS) is 18.5. The number of thioether (sulfide) groups is 1. The molecule has 19 heavy (non-hydrogen) atoms. The molecule has 1 aromatic carbocycles. The maximum atomic E-state index is 5.22. The molecule has 0 radical (unpaired) electrons. The van der Waals surface area contributed by atoms with E-state index in [0.717, 1.165) is 29.9 Å². The maximum Gasteiger partial charge on any atom is 0.157 e. The van der Waals surface area contributed by atoms with Gasteiger partial charge in [-0.05, 0) is 30.0 Å². The van der Waals surface area contributed by atoms with E-state index in [9.17, 15) is 0 Å². The quantitative estimate of drug-likeness (QED) is 0.897. The molecule has 2 rings (SSSR count). The highest BCUT2D eigenvalue weighted by Gasteiger charge is 2.20. The second-order valence-electron chi connectivity index (χ2n) is 5.22. The van der Waals surface area contributed by atoms with E-state index in [0.29, 0.717) is 5.25 Å². The van der Waals surface area contributed by atoms with Crippen molar-refractivity contribution in [1.82, 2.24) is 5.32 Å². The molecule has 0 fully saturated rings. The van der Waals surface area contributed by atoms with Gasteiger partial charge in [0.1, 0.15) is 5.75 Å². The largest absolute Gasteiger partial charge is 0.497 e. The molecule has 0 aliphatic carbocycles. The first-order chi connectivity index (χ1) is 9.17. The number of aliphatic imine (C=N–C) groups is 1. The van der Waals surface area contributed by atoms with Crippen LogP contribution in [0.15, 0.2) is 29.3 Å². The van der Waals surface area contributed by atoms with Crippen LogP contribution in [0.25, 0.3) is 0 Å². The van der Waals surface area contributed by atoms with Crippen molar-refractivity contribution < 1.29 is 4.74 Å². The van der Waals surface area contributed by atoms with Crippen LogP contribution in [0, 0.1) is 5.92 Å². The zero-order valence-electron chi connectivity index (χ0n) is 11.8. The minimum atomic E-state index is 0.646. The molecular formula is C15H22N2OS. The molecule has 3 nitrogen and oxygen atoms in total. The summed E-state index contributed by atoms with van der Waals surface area (Å²) in [4.78, 5) is 4.57. The molecule has 1 aliphatic rings. The Balaban J connectivity index is 1.80. The van der Waals surface area contributed by atoms with Gasteiger partial charge < -0.3 is 10.1 Å². The van der Waals surface area contributed by atoms with Crippen molar-refractivity contribution >= 4 is 16.9 Å². The van der Waals surface area contributed by atoms with Gasteiger partial charge in [0, 0.05) is 11.8 Å². The number of methoxy groups -OCH3 is 1. The first kappa shape index (κ1) is 14.3. The van der Waals surface area contributed by atoms with Gasteiger partial charge in [-0.1, -0.05) is 37.7 Å². The lowest BCUT2D eigenvalue weighted by atomic mass is 10.1. The van der Waals surface area contributed by atoms with Crippen molar-refractivity contribution in [2.45, 2.75) is 32.1 Å². The topological polar surface area (TPSA) is 33.6 Å². The highest BCUT2D eigenvalue weighted by atomic mass is 32.2. The van der Waals surface area contributed by atoms with E-state index in [1.807, 2.05) is 23.9 Å². The summed E-state index contributed by atoms with van der Waals surface area (Å²) in [5.41, 5.74) is 1.22. The van der Waals surface area contributed by atoms with Crippen LogP contribution in [-0.4, -0.2) is 24.1 Å². The van der Waals surface area contributed by atoms with E-state index in [1.165, 1.54) is 12.0 Å². The highest BCUT2D eigenvalue weighted by Crippen LogP contribution is 2.25. The van der Waals surface area contributed by atoms with Crippen molar-refractivity contribution in [2.24, 2.45) is 10.9 Å². The Morgan fingerprint density at radius 3 is 3.05 bits per heavy atom. The van der Waals surface area contributed by atoms with E-state index in [2.05, 4.69) is 36.3 Å². The lowest BCUT2D eigenvalue weighted by Gasteiger charge is -2.11. The van der Waals surface area contributed by atoms with Crippen LogP contribution in [0.1, 0.15) is 25.8 Å². The Hall–Kier alpha value is -1.16. The van der Waals surface area contributed by atoms with E-state index >= 15 is 0 Å². The third-order valence-corrected chi connectivity index (χ3v) is 4.20. The molecule has 0 saturated carbocycles. The summed E-state index contributed by atoms with van der Waals surface area (Å²) in [7, 11) is 1.69. The average molecular weight is 278 g/mol. The number of hydrogen-bond donors (Lipinski definition) is 1. The van der Waals surface area contributed by atoms with Crippen molar-refractivity contribution in [3.63, 3.8) is 0 Å².